The van der Waals surface area contributed by atoms with E-state index in [2.05, 4.69) is 5.32 Å². The van der Waals surface area contributed by atoms with Gasteiger partial charge in [0, 0.05) is 30.8 Å². The number of nitrogens with two attached hydrogens (primary N) is 1. The number of anilines is 1. The van der Waals surface area contributed by atoms with Gasteiger partial charge in [-0.1, -0.05) is 48.0 Å². The van der Waals surface area contributed by atoms with E-state index in [1.54, 1.807) is 29.2 Å². The Labute approximate surface area is 203 Å². The van der Waals surface area contributed by atoms with Gasteiger partial charge >= 0.3 is 0 Å². The SMILES string of the molecule is CCN(CCC(=O)Nc1ccc(C(N)=O)cc1)C(=O)COc1ccc(-c2ccccc2)cc1Cl. The highest BCUT2D eigenvalue weighted by atomic mass is 35.5. The molecule has 0 aliphatic rings. The molecule has 8 heteroatoms. The van der Waals surface area contributed by atoms with Crippen molar-refractivity contribution in [2.45, 2.75) is 13.3 Å². The molecule has 0 spiro atoms. The predicted molar refractivity (Wildman–Crippen MR) is 133 cm³/mol. The maximum absolute atomic E-state index is 12.6. The molecule has 0 atom stereocenters. The van der Waals surface area contributed by atoms with Crippen LogP contribution in [0.4, 0.5) is 5.69 Å². The Kier molecular flexibility index (Phi) is 8.65. The fourth-order valence-corrected chi connectivity index (χ4v) is 3.53. The second kappa shape index (κ2) is 11.9. The molecule has 0 radical (unpaired) electrons. The second-order valence-electron chi connectivity index (χ2n) is 7.51. The maximum Gasteiger partial charge on any atom is 0.260 e. The lowest BCUT2D eigenvalue weighted by Crippen LogP contribution is -2.37. The molecule has 3 amide bonds. The Bertz CT molecular complexity index is 1150. The van der Waals surface area contributed by atoms with Crippen LogP contribution in [-0.4, -0.2) is 42.3 Å². The van der Waals surface area contributed by atoms with Crippen LogP contribution in [0, 0.1) is 0 Å². The zero-order valence-corrected chi connectivity index (χ0v) is 19.5. The summed E-state index contributed by atoms with van der Waals surface area (Å²) in [4.78, 5) is 37.5. The highest BCUT2D eigenvalue weighted by Crippen LogP contribution is 2.30. The third-order valence-electron chi connectivity index (χ3n) is 5.19. The average molecular weight is 480 g/mol. The van der Waals surface area contributed by atoms with Gasteiger partial charge in [0.05, 0.1) is 5.02 Å². The molecular weight excluding hydrogens is 454 g/mol. The summed E-state index contributed by atoms with van der Waals surface area (Å²) in [6, 6.07) is 21.5. The topological polar surface area (TPSA) is 102 Å². The summed E-state index contributed by atoms with van der Waals surface area (Å²) < 4.78 is 5.64. The average Bonchev–Trinajstić information content (AvgIpc) is 2.84. The predicted octanol–water partition coefficient (Wildman–Crippen LogP) is 4.36. The molecule has 3 aromatic carbocycles. The molecule has 0 bridgehead atoms. The number of hydrogen-bond acceptors (Lipinski definition) is 4. The highest BCUT2D eigenvalue weighted by Gasteiger charge is 2.15. The monoisotopic (exact) mass is 479 g/mol. The lowest BCUT2D eigenvalue weighted by Gasteiger charge is -2.21. The van der Waals surface area contributed by atoms with Crippen molar-refractivity contribution < 1.29 is 19.1 Å². The number of halogens is 1. The normalized spacial score (nSPS) is 10.4. The minimum atomic E-state index is -0.536. The van der Waals surface area contributed by atoms with E-state index in [1.165, 1.54) is 12.1 Å². The van der Waals surface area contributed by atoms with Crippen LogP contribution in [0.3, 0.4) is 0 Å². The molecule has 7 nitrogen and oxygen atoms in total. The summed E-state index contributed by atoms with van der Waals surface area (Å²) in [5.74, 6) is -0.614. The van der Waals surface area contributed by atoms with Crippen LogP contribution in [0.5, 0.6) is 5.75 Å². The van der Waals surface area contributed by atoms with Crippen molar-refractivity contribution in [3.8, 4) is 16.9 Å². The van der Waals surface area contributed by atoms with Crippen molar-refractivity contribution in [3.05, 3.63) is 83.4 Å². The van der Waals surface area contributed by atoms with Crippen molar-refractivity contribution in [3.63, 3.8) is 0 Å². The smallest absolute Gasteiger partial charge is 0.260 e. The van der Waals surface area contributed by atoms with Gasteiger partial charge in [-0.2, -0.15) is 0 Å². The van der Waals surface area contributed by atoms with Crippen LogP contribution in [0.25, 0.3) is 11.1 Å². The number of carbonyl (C=O) groups is 3. The van der Waals surface area contributed by atoms with Gasteiger partial charge in [0.15, 0.2) is 6.61 Å². The molecule has 0 aliphatic carbocycles. The Morgan fingerprint density at radius 1 is 0.971 bits per heavy atom. The van der Waals surface area contributed by atoms with E-state index < -0.39 is 5.91 Å². The van der Waals surface area contributed by atoms with E-state index in [4.69, 9.17) is 22.1 Å². The third-order valence-corrected chi connectivity index (χ3v) is 5.48. The van der Waals surface area contributed by atoms with E-state index in [1.807, 2.05) is 43.3 Å². The highest BCUT2D eigenvalue weighted by molar-refractivity contribution is 6.32. The molecule has 0 fully saturated rings. The Morgan fingerprint density at radius 2 is 1.68 bits per heavy atom. The number of benzene rings is 3. The van der Waals surface area contributed by atoms with E-state index in [0.29, 0.717) is 28.6 Å². The van der Waals surface area contributed by atoms with E-state index in [9.17, 15) is 14.4 Å². The van der Waals surface area contributed by atoms with Gasteiger partial charge in [-0.3, -0.25) is 14.4 Å². The van der Waals surface area contributed by atoms with Crippen molar-refractivity contribution in [1.29, 1.82) is 0 Å². The number of ether oxygens (including phenoxy) is 1. The zero-order chi connectivity index (χ0) is 24.5. The molecule has 0 heterocycles. The molecule has 3 N–H and O–H groups in total. The molecule has 3 rings (SSSR count). The van der Waals surface area contributed by atoms with Crippen LogP contribution in [-0.2, 0) is 9.59 Å². The number of nitrogens with zero attached hydrogens (tertiary/aromatic N) is 1. The number of amides is 3. The van der Waals surface area contributed by atoms with Crippen LogP contribution >= 0.6 is 11.6 Å². The van der Waals surface area contributed by atoms with Crippen molar-refractivity contribution in [1.82, 2.24) is 4.90 Å². The van der Waals surface area contributed by atoms with Crippen molar-refractivity contribution in [2.75, 3.05) is 25.0 Å². The van der Waals surface area contributed by atoms with Gasteiger partial charge < -0.3 is 20.7 Å². The van der Waals surface area contributed by atoms with Crippen molar-refractivity contribution in [2.24, 2.45) is 5.73 Å². The number of hydrogen-bond donors (Lipinski definition) is 2. The lowest BCUT2D eigenvalue weighted by molar-refractivity contribution is -0.133. The van der Waals surface area contributed by atoms with Crippen LogP contribution in [0.2, 0.25) is 5.02 Å². The number of likely N-dealkylation sites (N-methyl/N-ethyl adjacent to an activating group) is 1. The van der Waals surface area contributed by atoms with Gasteiger partial charge in [-0.15, -0.1) is 0 Å². The molecule has 0 saturated heterocycles. The second-order valence-corrected chi connectivity index (χ2v) is 7.92. The van der Waals surface area contributed by atoms with Crippen LogP contribution in [0.15, 0.2) is 72.8 Å². The number of carbonyl (C=O) groups excluding carboxylic acids is 3. The van der Waals surface area contributed by atoms with Gasteiger partial charge in [0.1, 0.15) is 5.75 Å². The largest absolute Gasteiger partial charge is 0.482 e. The van der Waals surface area contributed by atoms with Crippen LogP contribution in [0.1, 0.15) is 23.7 Å². The molecule has 0 saturated carbocycles. The first kappa shape index (κ1) is 24.8. The van der Waals surface area contributed by atoms with Crippen molar-refractivity contribution >= 4 is 35.0 Å². The van der Waals surface area contributed by atoms with Gasteiger partial charge in [0.25, 0.3) is 5.91 Å². The summed E-state index contributed by atoms with van der Waals surface area (Å²) in [5, 5.41) is 3.15. The molecule has 0 aliphatic heterocycles. The minimum Gasteiger partial charge on any atom is -0.482 e. The third kappa shape index (κ3) is 6.83. The van der Waals surface area contributed by atoms with E-state index >= 15 is 0 Å². The fraction of sp³-hybridized carbons (Fsp3) is 0.192. The first-order valence-corrected chi connectivity index (χ1v) is 11.2. The molecular formula is C26H26ClN3O4. The summed E-state index contributed by atoms with van der Waals surface area (Å²) in [6.45, 7) is 2.32. The summed E-state index contributed by atoms with van der Waals surface area (Å²) in [7, 11) is 0. The van der Waals surface area contributed by atoms with E-state index in [0.717, 1.165) is 11.1 Å². The first-order valence-electron chi connectivity index (χ1n) is 10.8. The number of primary amides is 1. The Morgan fingerprint density at radius 3 is 2.29 bits per heavy atom. The first-order chi connectivity index (χ1) is 16.4. The standard InChI is InChI=1S/C26H26ClN3O4/c1-2-30(15-14-24(31)29-21-11-8-19(9-12-21)26(28)33)25(32)17-34-23-13-10-20(16-22(23)27)18-6-4-3-5-7-18/h3-13,16H,2,14-15,17H2,1H3,(H2,28,33)(H,29,31). The van der Waals surface area contributed by atoms with Gasteiger partial charge in [-0.25, -0.2) is 0 Å². The molecule has 34 heavy (non-hydrogen) atoms. The van der Waals surface area contributed by atoms with Gasteiger partial charge in [-0.05, 0) is 54.4 Å². The summed E-state index contributed by atoms with van der Waals surface area (Å²) >= 11 is 6.35. The van der Waals surface area contributed by atoms with Gasteiger partial charge in [0.2, 0.25) is 11.8 Å². The lowest BCUT2D eigenvalue weighted by atomic mass is 10.1. The molecule has 3 aromatic rings. The summed E-state index contributed by atoms with van der Waals surface area (Å²) in [5.41, 5.74) is 8.10. The molecule has 176 valence electrons. The Balaban J connectivity index is 1.49. The number of nitrogens with one attached hydrogen (secondary N) is 1. The zero-order valence-electron chi connectivity index (χ0n) is 18.8. The quantitative estimate of drug-likeness (QED) is 0.451. The molecule has 0 unspecified atom stereocenters. The number of rotatable bonds is 10. The fourth-order valence-electron chi connectivity index (χ4n) is 3.30. The minimum absolute atomic E-state index is 0.115. The maximum atomic E-state index is 12.6. The van der Waals surface area contributed by atoms with Crippen LogP contribution < -0.4 is 15.8 Å². The van der Waals surface area contributed by atoms with E-state index in [-0.39, 0.29) is 31.4 Å². The molecule has 0 aromatic heterocycles. The Hall–Kier alpha value is -3.84. The summed E-state index contributed by atoms with van der Waals surface area (Å²) in [6.07, 6.45) is 0.115.